The van der Waals surface area contributed by atoms with Crippen molar-refractivity contribution in [2.24, 2.45) is 0 Å². The van der Waals surface area contributed by atoms with Crippen molar-refractivity contribution in [3.8, 4) is 0 Å². The molecule has 0 heterocycles. The lowest BCUT2D eigenvalue weighted by atomic mass is 9.95. The molecule has 0 radical (unpaired) electrons. The Hall–Kier alpha value is -2.74. The van der Waals surface area contributed by atoms with Gasteiger partial charge >= 0.3 is 0 Å². The van der Waals surface area contributed by atoms with Gasteiger partial charge in [-0.25, -0.2) is 0 Å². The summed E-state index contributed by atoms with van der Waals surface area (Å²) < 4.78 is 0. The van der Waals surface area contributed by atoms with Gasteiger partial charge < -0.3 is 11.5 Å². The Kier molecular flexibility index (Phi) is 2.15. The van der Waals surface area contributed by atoms with E-state index in [0.717, 1.165) is 38.3 Å². The lowest BCUT2D eigenvalue weighted by Gasteiger charge is -2.13. The summed E-state index contributed by atoms with van der Waals surface area (Å²) in [6, 6.07) is 20.5. The third kappa shape index (κ3) is 1.33. The Morgan fingerprint density at radius 3 is 1.85 bits per heavy atom. The molecule has 96 valence electrons. The monoisotopic (exact) mass is 258 g/mol. The minimum atomic E-state index is 0.801. The third-order valence-electron chi connectivity index (χ3n) is 4.00. The smallest absolute Gasteiger partial charge is 0.0481 e. The van der Waals surface area contributed by atoms with Gasteiger partial charge in [-0.05, 0) is 10.8 Å². The molecule has 0 amide bonds. The highest BCUT2D eigenvalue weighted by Crippen LogP contribution is 2.39. The standard InChI is InChI=1S/C18H14N2/c19-17-13-7-3-4-8-14(13)18(20)16-12-6-2-1-5-11(12)9-10-15(16)17/h1-10H,19-20H2. The van der Waals surface area contributed by atoms with Crippen LogP contribution in [0.5, 0.6) is 0 Å². The van der Waals surface area contributed by atoms with E-state index in [4.69, 9.17) is 11.5 Å². The first kappa shape index (κ1) is 11.1. The highest BCUT2D eigenvalue weighted by Gasteiger charge is 2.11. The predicted octanol–water partition coefficient (Wildman–Crippen LogP) is 4.31. The van der Waals surface area contributed by atoms with Gasteiger partial charge in [-0.2, -0.15) is 0 Å². The van der Waals surface area contributed by atoms with Crippen LogP contribution in [-0.4, -0.2) is 0 Å². The molecule has 4 N–H and O–H groups in total. The van der Waals surface area contributed by atoms with E-state index < -0.39 is 0 Å². The zero-order valence-electron chi connectivity index (χ0n) is 10.9. The summed E-state index contributed by atoms with van der Waals surface area (Å²) in [5.41, 5.74) is 14.4. The molecule has 0 unspecified atom stereocenters. The van der Waals surface area contributed by atoms with Crippen molar-refractivity contribution < 1.29 is 0 Å². The summed E-state index contributed by atoms with van der Waals surface area (Å²) in [6.45, 7) is 0. The number of nitrogens with two attached hydrogens (primary N) is 2. The summed E-state index contributed by atoms with van der Waals surface area (Å²) in [4.78, 5) is 0. The Morgan fingerprint density at radius 2 is 1.10 bits per heavy atom. The highest BCUT2D eigenvalue weighted by molar-refractivity contribution is 6.25. The minimum absolute atomic E-state index is 0.801. The van der Waals surface area contributed by atoms with Gasteiger partial charge in [0.05, 0.1) is 0 Å². The summed E-state index contributed by atoms with van der Waals surface area (Å²) in [5, 5.41) is 6.46. The topological polar surface area (TPSA) is 52.0 Å². The van der Waals surface area contributed by atoms with Crippen LogP contribution in [0.2, 0.25) is 0 Å². The van der Waals surface area contributed by atoms with Gasteiger partial charge in [0.1, 0.15) is 0 Å². The molecule has 0 fully saturated rings. The zero-order valence-corrected chi connectivity index (χ0v) is 10.9. The molecule has 4 rings (SSSR count). The van der Waals surface area contributed by atoms with Crippen LogP contribution in [0.4, 0.5) is 11.4 Å². The Balaban J connectivity index is 2.38. The van der Waals surface area contributed by atoms with Gasteiger partial charge in [0.25, 0.3) is 0 Å². The predicted molar refractivity (Wildman–Crippen MR) is 87.8 cm³/mol. The second-order valence-corrected chi connectivity index (χ2v) is 5.08. The van der Waals surface area contributed by atoms with Crippen LogP contribution in [0.25, 0.3) is 32.3 Å². The fourth-order valence-corrected chi connectivity index (χ4v) is 3.02. The maximum atomic E-state index is 6.43. The van der Waals surface area contributed by atoms with Crippen LogP contribution >= 0.6 is 0 Å². The molecule has 2 nitrogen and oxygen atoms in total. The number of fused-ring (bicyclic) bond motifs is 4. The molecule has 0 bridgehead atoms. The van der Waals surface area contributed by atoms with Crippen molar-refractivity contribution in [3.05, 3.63) is 60.7 Å². The molecule has 0 aliphatic carbocycles. The average molecular weight is 258 g/mol. The molecule has 0 aliphatic heterocycles. The lowest BCUT2D eigenvalue weighted by Crippen LogP contribution is -1.96. The van der Waals surface area contributed by atoms with Gasteiger partial charge in [0, 0.05) is 32.9 Å². The first-order chi connectivity index (χ1) is 9.77. The van der Waals surface area contributed by atoms with Crippen LogP contribution in [-0.2, 0) is 0 Å². The van der Waals surface area contributed by atoms with Crippen molar-refractivity contribution in [2.45, 2.75) is 0 Å². The van der Waals surface area contributed by atoms with E-state index >= 15 is 0 Å². The van der Waals surface area contributed by atoms with E-state index in [0.29, 0.717) is 0 Å². The largest absolute Gasteiger partial charge is 0.398 e. The van der Waals surface area contributed by atoms with Crippen LogP contribution in [0.3, 0.4) is 0 Å². The second kappa shape index (κ2) is 3.87. The van der Waals surface area contributed by atoms with E-state index in [1.165, 1.54) is 5.39 Å². The minimum Gasteiger partial charge on any atom is -0.398 e. The molecule has 0 atom stereocenters. The summed E-state index contributed by atoms with van der Waals surface area (Å²) in [7, 11) is 0. The van der Waals surface area contributed by atoms with Crippen molar-refractivity contribution in [1.29, 1.82) is 0 Å². The van der Waals surface area contributed by atoms with E-state index in [1.54, 1.807) is 0 Å². The molecule has 0 aromatic heterocycles. The highest BCUT2D eigenvalue weighted by atomic mass is 14.6. The average Bonchev–Trinajstić information content (AvgIpc) is 2.51. The van der Waals surface area contributed by atoms with Crippen molar-refractivity contribution in [1.82, 2.24) is 0 Å². The maximum absolute atomic E-state index is 6.43. The molecule has 0 spiro atoms. The number of benzene rings is 4. The van der Waals surface area contributed by atoms with Gasteiger partial charge in [-0.3, -0.25) is 0 Å². The van der Waals surface area contributed by atoms with Gasteiger partial charge in [-0.1, -0.05) is 60.7 Å². The summed E-state index contributed by atoms with van der Waals surface area (Å²) in [5.74, 6) is 0. The number of nitrogen functional groups attached to an aromatic ring is 2. The molecule has 20 heavy (non-hydrogen) atoms. The summed E-state index contributed by atoms with van der Waals surface area (Å²) >= 11 is 0. The normalized spacial score (nSPS) is 11.4. The molecule has 2 heteroatoms. The first-order valence-electron chi connectivity index (χ1n) is 6.64. The van der Waals surface area contributed by atoms with Crippen LogP contribution in [0, 0.1) is 0 Å². The van der Waals surface area contributed by atoms with Gasteiger partial charge in [-0.15, -0.1) is 0 Å². The number of anilines is 2. The molecular formula is C18H14N2. The molecular weight excluding hydrogens is 244 g/mol. The fraction of sp³-hybridized carbons (Fsp3) is 0. The van der Waals surface area contributed by atoms with E-state index in [-0.39, 0.29) is 0 Å². The number of hydrogen-bond acceptors (Lipinski definition) is 2. The second-order valence-electron chi connectivity index (χ2n) is 5.08. The Labute approximate surface area is 116 Å². The number of hydrogen-bond donors (Lipinski definition) is 2. The fourth-order valence-electron chi connectivity index (χ4n) is 3.02. The maximum Gasteiger partial charge on any atom is 0.0481 e. The lowest BCUT2D eigenvalue weighted by molar-refractivity contribution is 1.75. The molecule has 0 saturated heterocycles. The van der Waals surface area contributed by atoms with Crippen molar-refractivity contribution >= 4 is 43.7 Å². The number of rotatable bonds is 0. The third-order valence-corrected chi connectivity index (χ3v) is 4.00. The van der Waals surface area contributed by atoms with Gasteiger partial charge in [0.15, 0.2) is 0 Å². The molecule has 4 aromatic rings. The SMILES string of the molecule is Nc1c2ccccc2c(N)c2c1ccc1ccccc12. The van der Waals surface area contributed by atoms with Crippen molar-refractivity contribution in [2.75, 3.05) is 11.5 Å². The summed E-state index contributed by atoms with van der Waals surface area (Å²) in [6.07, 6.45) is 0. The van der Waals surface area contributed by atoms with E-state index in [9.17, 15) is 0 Å². The Bertz CT molecular complexity index is 971. The van der Waals surface area contributed by atoms with Crippen molar-refractivity contribution in [3.63, 3.8) is 0 Å². The molecule has 0 saturated carbocycles. The van der Waals surface area contributed by atoms with Crippen LogP contribution in [0.15, 0.2) is 60.7 Å². The zero-order chi connectivity index (χ0) is 13.7. The van der Waals surface area contributed by atoms with E-state index in [2.05, 4.69) is 24.3 Å². The first-order valence-corrected chi connectivity index (χ1v) is 6.64. The Morgan fingerprint density at radius 1 is 0.500 bits per heavy atom. The van der Waals surface area contributed by atoms with Crippen LogP contribution in [0.1, 0.15) is 0 Å². The van der Waals surface area contributed by atoms with E-state index in [1.807, 2.05) is 36.4 Å². The van der Waals surface area contributed by atoms with Gasteiger partial charge in [0.2, 0.25) is 0 Å². The molecule has 0 aliphatic rings. The van der Waals surface area contributed by atoms with Crippen LogP contribution < -0.4 is 11.5 Å². The molecule has 4 aromatic carbocycles. The quantitative estimate of drug-likeness (QED) is 0.214.